The molecule has 2 aliphatic rings. The van der Waals surface area contributed by atoms with E-state index in [4.69, 9.17) is 0 Å². The molecule has 21 heavy (non-hydrogen) atoms. The van der Waals surface area contributed by atoms with Crippen molar-refractivity contribution < 1.29 is 9.59 Å². The Morgan fingerprint density at radius 3 is 2.43 bits per heavy atom. The van der Waals surface area contributed by atoms with Gasteiger partial charge in [-0.15, -0.1) is 0 Å². The molecular weight excluding hydrogens is 266 g/mol. The predicted octanol–water partition coefficient (Wildman–Crippen LogP) is 1.85. The van der Waals surface area contributed by atoms with Crippen molar-refractivity contribution in [2.75, 3.05) is 30.4 Å². The number of nitrogens with zero attached hydrogens (tertiary/aromatic N) is 2. The number of likely N-dealkylation sites (tertiary alicyclic amines) is 1. The number of anilines is 2. The monoisotopic (exact) mass is 287 g/mol. The number of amides is 2. The molecule has 1 atom stereocenters. The molecule has 3 rings (SSSR count). The van der Waals surface area contributed by atoms with E-state index >= 15 is 0 Å². The lowest BCUT2D eigenvalue weighted by atomic mass is 10.2. The number of likely N-dealkylation sites (N-methyl/N-ethyl adjacent to an activating group) is 1. The van der Waals surface area contributed by atoms with Crippen molar-refractivity contribution in [3.05, 3.63) is 24.3 Å². The van der Waals surface area contributed by atoms with Gasteiger partial charge < -0.3 is 15.1 Å². The fourth-order valence-electron chi connectivity index (χ4n) is 3.07. The Bertz CT molecular complexity index is 535. The van der Waals surface area contributed by atoms with Gasteiger partial charge >= 0.3 is 0 Å². The largest absolute Gasteiger partial charge is 0.372 e. The van der Waals surface area contributed by atoms with Crippen molar-refractivity contribution >= 4 is 23.2 Å². The molecule has 2 aliphatic heterocycles. The highest BCUT2D eigenvalue weighted by atomic mass is 16.2. The number of hydrogen-bond donors (Lipinski definition) is 1. The lowest BCUT2D eigenvalue weighted by molar-refractivity contribution is -0.131. The van der Waals surface area contributed by atoms with Crippen molar-refractivity contribution in [1.82, 2.24) is 4.90 Å². The average Bonchev–Trinajstić information content (AvgIpc) is 3.11. The second-order valence-electron chi connectivity index (χ2n) is 5.79. The summed E-state index contributed by atoms with van der Waals surface area (Å²) < 4.78 is 0. The highest BCUT2D eigenvalue weighted by Gasteiger charge is 2.33. The molecule has 2 fully saturated rings. The second-order valence-corrected chi connectivity index (χ2v) is 5.79. The third kappa shape index (κ3) is 2.86. The smallest absolute Gasteiger partial charge is 0.247 e. The summed E-state index contributed by atoms with van der Waals surface area (Å²) in [7, 11) is 1.69. The van der Waals surface area contributed by atoms with E-state index in [0.29, 0.717) is 12.8 Å². The van der Waals surface area contributed by atoms with Crippen LogP contribution in [0.4, 0.5) is 11.4 Å². The summed E-state index contributed by atoms with van der Waals surface area (Å²) in [4.78, 5) is 27.6. The average molecular weight is 287 g/mol. The number of carbonyl (C=O) groups excluding carboxylic acids is 2. The fourth-order valence-corrected chi connectivity index (χ4v) is 3.07. The first-order valence-corrected chi connectivity index (χ1v) is 7.57. The Balaban J connectivity index is 1.62. The van der Waals surface area contributed by atoms with Crippen LogP contribution < -0.4 is 10.2 Å². The predicted molar refractivity (Wildman–Crippen MR) is 82.3 cm³/mol. The molecule has 2 heterocycles. The van der Waals surface area contributed by atoms with Gasteiger partial charge in [0.15, 0.2) is 0 Å². The lowest BCUT2D eigenvalue weighted by Crippen LogP contribution is -2.38. The molecule has 1 aromatic carbocycles. The standard InChI is InChI=1S/C16H21N3O2/c1-18-14(8-9-15(18)20)16(21)17-12-4-6-13(7-5-12)19-10-2-3-11-19/h4-7,14H,2-3,8-11H2,1H3,(H,17,21). The maximum absolute atomic E-state index is 12.2. The van der Waals surface area contributed by atoms with E-state index in [1.165, 1.54) is 23.4 Å². The Morgan fingerprint density at radius 2 is 1.86 bits per heavy atom. The van der Waals surface area contributed by atoms with Gasteiger partial charge in [-0.25, -0.2) is 0 Å². The van der Waals surface area contributed by atoms with E-state index in [1.54, 1.807) is 7.05 Å². The van der Waals surface area contributed by atoms with Crippen LogP contribution in [0.3, 0.4) is 0 Å². The van der Waals surface area contributed by atoms with Crippen LogP contribution >= 0.6 is 0 Å². The van der Waals surface area contributed by atoms with E-state index in [9.17, 15) is 9.59 Å². The number of benzene rings is 1. The van der Waals surface area contributed by atoms with Gasteiger partial charge in [-0.3, -0.25) is 9.59 Å². The third-order valence-corrected chi connectivity index (χ3v) is 4.40. The first-order chi connectivity index (χ1) is 10.1. The molecule has 1 unspecified atom stereocenters. The number of carbonyl (C=O) groups is 2. The quantitative estimate of drug-likeness (QED) is 0.923. The summed E-state index contributed by atoms with van der Waals surface area (Å²) in [6, 6.07) is 7.62. The zero-order valence-electron chi connectivity index (χ0n) is 12.3. The fraction of sp³-hybridized carbons (Fsp3) is 0.500. The summed E-state index contributed by atoms with van der Waals surface area (Å²) >= 11 is 0. The van der Waals surface area contributed by atoms with Crippen LogP contribution in [-0.4, -0.2) is 42.9 Å². The first-order valence-electron chi connectivity index (χ1n) is 7.57. The third-order valence-electron chi connectivity index (χ3n) is 4.40. The van der Waals surface area contributed by atoms with E-state index in [0.717, 1.165) is 18.8 Å². The van der Waals surface area contributed by atoms with Crippen LogP contribution in [-0.2, 0) is 9.59 Å². The molecule has 2 saturated heterocycles. The zero-order chi connectivity index (χ0) is 14.8. The van der Waals surface area contributed by atoms with Crippen LogP contribution in [0, 0.1) is 0 Å². The topological polar surface area (TPSA) is 52.7 Å². The molecule has 0 aromatic heterocycles. The SMILES string of the molecule is CN1C(=O)CCC1C(=O)Nc1ccc(N2CCCC2)cc1. The van der Waals surface area contributed by atoms with Crippen molar-refractivity contribution in [1.29, 1.82) is 0 Å². The first kappa shape index (κ1) is 13.9. The normalized spacial score (nSPS) is 22.0. The molecule has 0 saturated carbocycles. The van der Waals surface area contributed by atoms with Gasteiger partial charge in [-0.1, -0.05) is 0 Å². The van der Waals surface area contributed by atoms with Crippen molar-refractivity contribution in [2.24, 2.45) is 0 Å². The molecule has 0 radical (unpaired) electrons. The van der Waals surface area contributed by atoms with Crippen LogP contribution in [0.15, 0.2) is 24.3 Å². The zero-order valence-corrected chi connectivity index (χ0v) is 12.3. The van der Waals surface area contributed by atoms with Gasteiger partial charge in [0.2, 0.25) is 11.8 Å². The molecule has 0 bridgehead atoms. The molecule has 0 aliphatic carbocycles. The van der Waals surface area contributed by atoms with E-state index in [-0.39, 0.29) is 17.9 Å². The van der Waals surface area contributed by atoms with Gasteiger partial charge in [0, 0.05) is 37.9 Å². The highest BCUT2D eigenvalue weighted by molar-refractivity contribution is 5.99. The molecule has 112 valence electrons. The van der Waals surface area contributed by atoms with E-state index in [1.807, 2.05) is 24.3 Å². The molecule has 2 amide bonds. The van der Waals surface area contributed by atoms with Gasteiger partial charge in [0.05, 0.1) is 0 Å². The minimum Gasteiger partial charge on any atom is -0.372 e. The minimum absolute atomic E-state index is 0.0412. The number of hydrogen-bond acceptors (Lipinski definition) is 3. The second kappa shape index (κ2) is 5.76. The summed E-state index contributed by atoms with van der Waals surface area (Å²) in [5, 5.41) is 2.90. The molecule has 5 heteroatoms. The van der Waals surface area contributed by atoms with Crippen LogP contribution in [0.1, 0.15) is 25.7 Å². The summed E-state index contributed by atoms with van der Waals surface area (Å²) in [6.45, 7) is 2.22. The van der Waals surface area contributed by atoms with Crippen LogP contribution in [0.25, 0.3) is 0 Å². The Morgan fingerprint density at radius 1 is 1.19 bits per heavy atom. The molecular formula is C16H21N3O2. The Hall–Kier alpha value is -2.04. The van der Waals surface area contributed by atoms with E-state index < -0.39 is 0 Å². The van der Waals surface area contributed by atoms with Crippen molar-refractivity contribution in [3.63, 3.8) is 0 Å². The van der Waals surface area contributed by atoms with Gasteiger partial charge in [0.1, 0.15) is 6.04 Å². The highest BCUT2D eigenvalue weighted by Crippen LogP contribution is 2.23. The lowest BCUT2D eigenvalue weighted by Gasteiger charge is -2.20. The van der Waals surface area contributed by atoms with Crippen molar-refractivity contribution in [3.8, 4) is 0 Å². The molecule has 5 nitrogen and oxygen atoms in total. The van der Waals surface area contributed by atoms with Crippen LogP contribution in [0.5, 0.6) is 0 Å². The Kier molecular flexibility index (Phi) is 3.82. The number of rotatable bonds is 3. The minimum atomic E-state index is -0.337. The summed E-state index contributed by atoms with van der Waals surface area (Å²) in [6.07, 6.45) is 3.57. The summed E-state index contributed by atoms with van der Waals surface area (Å²) in [5.74, 6) is -0.0585. The van der Waals surface area contributed by atoms with Gasteiger partial charge in [-0.05, 0) is 43.5 Å². The van der Waals surface area contributed by atoms with Gasteiger partial charge in [-0.2, -0.15) is 0 Å². The molecule has 1 aromatic rings. The molecule has 1 N–H and O–H groups in total. The maximum atomic E-state index is 12.2. The molecule has 0 spiro atoms. The Labute approximate surface area is 124 Å². The van der Waals surface area contributed by atoms with E-state index in [2.05, 4.69) is 10.2 Å². The maximum Gasteiger partial charge on any atom is 0.247 e. The number of nitrogens with one attached hydrogen (secondary N) is 1. The van der Waals surface area contributed by atoms with Crippen molar-refractivity contribution in [2.45, 2.75) is 31.7 Å². The summed E-state index contributed by atoms with van der Waals surface area (Å²) in [5.41, 5.74) is 1.99. The van der Waals surface area contributed by atoms with Crippen LogP contribution in [0.2, 0.25) is 0 Å². The van der Waals surface area contributed by atoms with Gasteiger partial charge in [0.25, 0.3) is 0 Å².